The number of carbonyl (C=O) groups excluding carboxylic acids is 3. The van der Waals surface area contributed by atoms with Crippen LogP contribution in [-0.2, 0) is 19.1 Å². The third kappa shape index (κ3) is 4.92. The van der Waals surface area contributed by atoms with Crippen molar-refractivity contribution < 1.29 is 33.3 Å². The molecule has 14 heteroatoms. The molecular formula is C25H28N6O7S. The summed E-state index contributed by atoms with van der Waals surface area (Å²) in [5, 5.41) is 13.4. The van der Waals surface area contributed by atoms with E-state index in [0.29, 0.717) is 22.2 Å². The Bertz CT molecular complexity index is 1350. The van der Waals surface area contributed by atoms with Gasteiger partial charge < -0.3 is 34.9 Å². The molecule has 0 radical (unpaired) electrons. The van der Waals surface area contributed by atoms with E-state index < -0.39 is 36.0 Å². The van der Waals surface area contributed by atoms with E-state index >= 15 is 0 Å². The zero-order valence-corrected chi connectivity index (χ0v) is 22.8. The number of aliphatic imine (C=N–C) groups is 1. The van der Waals surface area contributed by atoms with Gasteiger partial charge in [-0.15, -0.1) is 0 Å². The van der Waals surface area contributed by atoms with Crippen LogP contribution in [0.4, 0.5) is 4.79 Å². The highest BCUT2D eigenvalue weighted by atomic mass is 32.2. The van der Waals surface area contributed by atoms with Gasteiger partial charge >= 0.3 is 12.0 Å². The number of amides is 3. The number of imide groups is 1. The molecule has 0 unspecified atom stereocenters. The Labute approximate surface area is 229 Å². The number of benzene rings is 1. The molecule has 0 bridgehead atoms. The predicted octanol–water partition coefficient (Wildman–Crippen LogP) is 1.24. The molecule has 1 fully saturated rings. The molecule has 0 saturated carbocycles. The Morgan fingerprint density at radius 3 is 2.62 bits per heavy atom. The van der Waals surface area contributed by atoms with Gasteiger partial charge in [0.15, 0.2) is 22.8 Å². The summed E-state index contributed by atoms with van der Waals surface area (Å²) in [6, 6.07) is 5.89. The topological polar surface area (TPSA) is 169 Å². The molecule has 1 aromatic carbocycles. The van der Waals surface area contributed by atoms with Crippen molar-refractivity contribution in [1.29, 1.82) is 5.26 Å². The third-order valence-corrected chi connectivity index (χ3v) is 7.39. The standard InChI is InChI=1S/C25H28N6O7S/c1-6-37-23(33)18-16(11-39-24-28-19-21(29-24)30(2)25(34)31(3)22(19)32)38-20(27)13(10-26)17(18)12-7-8-14(35-4)15(9-12)36-5/h7-9,17,19,21H,6,11,27H2,1-5H3,(H,28,29)/t17-,19-,21+/m0/s1. The van der Waals surface area contributed by atoms with E-state index in [0.717, 1.165) is 16.7 Å². The van der Waals surface area contributed by atoms with Crippen molar-refractivity contribution in [3.8, 4) is 17.6 Å². The second-order valence-corrected chi connectivity index (χ2v) is 9.61. The number of urea groups is 1. The summed E-state index contributed by atoms with van der Waals surface area (Å²) in [5.74, 6) is -1.04. The number of rotatable bonds is 7. The van der Waals surface area contributed by atoms with E-state index in [4.69, 9.17) is 24.7 Å². The minimum atomic E-state index is -0.904. The Hall–Kier alpha value is -4.38. The van der Waals surface area contributed by atoms with Crippen molar-refractivity contribution in [2.45, 2.75) is 25.0 Å². The van der Waals surface area contributed by atoms with Crippen LogP contribution in [0, 0.1) is 11.3 Å². The number of carbonyl (C=O) groups is 3. The van der Waals surface area contributed by atoms with Crippen LogP contribution in [0.2, 0.25) is 0 Å². The number of nitrogens with two attached hydrogens (primary N) is 1. The highest BCUT2D eigenvalue weighted by Crippen LogP contribution is 2.43. The van der Waals surface area contributed by atoms with E-state index in [2.05, 4.69) is 16.4 Å². The van der Waals surface area contributed by atoms with Crippen molar-refractivity contribution in [2.24, 2.45) is 10.7 Å². The maximum atomic E-state index is 13.3. The Morgan fingerprint density at radius 1 is 1.26 bits per heavy atom. The van der Waals surface area contributed by atoms with Crippen LogP contribution < -0.4 is 20.5 Å². The lowest BCUT2D eigenvalue weighted by molar-refractivity contribution is -0.139. The maximum absolute atomic E-state index is 13.3. The van der Waals surface area contributed by atoms with Crippen LogP contribution in [0.5, 0.6) is 11.5 Å². The fraction of sp³-hybridized carbons (Fsp3) is 0.400. The van der Waals surface area contributed by atoms with Gasteiger partial charge in [-0.05, 0) is 24.6 Å². The average Bonchev–Trinajstić information content (AvgIpc) is 3.37. The number of nitrogens with one attached hydrogen (secondary N) is 1. The van der Waals surface area contributed by atoms with Gasteiger partial charge in [-0.2, -0.15) is 5.26 Å². The highest BCUT2D eigenvalue weighted by Gasteiger charge is 2.47. The van der Waals surface area contributed by atoms with Gasteiger partial charge in [-0.3, -0.25) is 9.69 Å². The van der Waals surface area contributed by atoms with Crippen molar-refractivity contribution in [3.63, 3.8) is 0 Å². The fourth-order valence-electron chi connectivity index (χ4n) is 4.53. The van der Waals surface area contributed by atoms with Crippen LogP contribution in [0.15, 0.2) is 46.0 Å². The second kappa shape index (κ2) is 11.2. The molecule has 4 rings (SSSR count). The molecule has 3 aliphatic heterocycles. The molecule has 1 saturated heterocycles. The van der Waals surface area contributed by atoms with Crippen LogP contribution >= 0.6 is 11.8 Å². The van der Waals surface area contributed by atoms with Gasteiger partial charge in [0.05, 0.1) is 38.1 Å². The van der Waals surface area contributed by atoms with E-state index in [9.17, 15) is 19.6 Å². The van der Waals surface area contributed by atoms with E-state index in [1.807, 2.05) is 0 Å². The summed E-state index contributed by atoms with van der Waals surface area (Å²) < 4.78 is 21.9. The molecule has 3 N–H and O–H groups in total. The average molecular weight is 557 g/mol. The third-order valence-electron chi connectivity index (χ3n) is 6.48. The SMILES string of the molecule is CCOC(=O)C1=C(CSC2=N[C@H]3[C@H](N2)C(=O)N(C)C(=O)N3C)OC(N)=C(C#N)[C@@H]1c1ccc(OC)c(OC)c1. The molecule has 3 atom stereocenters. The molecule has 39 heavy (non-hydrogen) atoms. The zero-order chi connectivity index (χ0) is 28.4. The number of methoxy groups -OCH3 is 2. The minimum Gasteiger partial charge on any atom is -0.493 e. The summed E-state index contributed by atoms with van der Waals surface area (Å²) >= 11 is 1.16. The normalized spacial score (nSPS) is 22.6. The first-order valence-corrected chi connectivity index (χ1v) is 12.9. The number of fused-ring (bicyclic) bond motifs is 1. The lowest BCUT2D eigenvalue weighted by Gasteiger charge is -2.36. The molecule has 0 spiro atoms. The second-order valence-electron chi connectivity index (χ2n) is 8.65. The van der Waals surface area contributed by atoms with Crippen LogP contribution in [0.3, 0.4) is 0 Å². The molecule has 0 aromatic heterocycles. The van der Waals surface area contributed by atoms with Gasteiger partial charge in [0.25, 0.3) is 5.91 Å². The number of allylic oxidation sites excluding steroid dienone is 1. The first-order chi connectivity index (χ1) is 18.7. The number of nitriles is 1. The molecule has 3 aliphatic rings. The number of hydrogen-bond donors (Lipinski definition) is 2. The monoisotopic (exact) mass is 556 g/mol. The highest BCUT2D eigenvalue weighted by molar-refractivity contribution is 8.14. The minimum absolute atomic E-state index is 0.0372. The number of likely N-dealkylation sites (N-methyl/N-ethyl adjacent to an activating group) is 2. The molecule has 13 nitrogen and oxygen atoms in total. The quantitative estimate of drug-likeness (QED) is 0.463. The lowest BCUT2D eigenvalue weighted by Crippen LogP contribution is -2.63. The number of ether oxygens (including phenoxy) is 4. The summed E-state index contributed by atoms with van der Waals surface area (Å²) in [6.07, 6.45) is -0.704. The molecule has 206 valence electrons. The van der Waals surface area contributed by atoms with Crippen LogP contribution in [0.1, 0.15) is 18.4 Å². The molecule has 0 aliphatic carbocycles. The Morgan fingerprint density at radius 2 is 1.97 bits per heavy atom. The smallest absolute Gasteiger partial charge is 0.338 e. The summed E-state index contributed by atoms with van der Waals surface area (Å²) in [5.41, 5.74) is 6.83. The number of hydrogen-bond acceptors (Lipinski definition) is 12. The van der Waals surface area contributed by atoms with Gasteiger partial charge in [-0.1, -0.05) is 17.8 Å². The zero-order valence-electron chi connectivity index (χ0n) is 22.0. The number of amidine groups is 1. The van der Waals surface area contributed by atoms with Gasteiger partial charge in [0, 0.05) is 14.1 Å². The first kappa shape index (κ1) is 27.6. The number of esters is 1. The van der Waals surface area contributed by atoms with Crippen LogP contribution in [-0.4, -0.2) is 85.8 Å². The first-order valence-electron chi connectivity index (χ1n) is 11.9. The molecular weight excluding hydrogens is 528 g/mol. The lowest BCUT2D eigenvalue weighted by atomic mass is 9.83. The van der Waals surface area contributed by atoms with Crippen molar-refractivity contribution in [2.75, 3.05) is 40.7 Å². The summed E-state index contributed by atoms with van der Waals surface area (Å²) in [6.45, 7) is 1.76. The van der Waals surface area contributed by atoms with E-state index in [1.54, 1.807) is 32.2 Å². The van der Waals surface area contributed by atoms with E-state index in [-0.39, 0.29) is 35.1 Å². The molecule has 1 aromatic rings. The summed E-state index contributed by atoms with van der Waals surface area (Å²) in [7, 11) is 5.95. The van der Waals surface area contributed by atoms with Gasteiger partial charge in [0.2, 0.25) is 5.88 Å². The van der Waals surface area contributed by atoms with E-state index in [1.165, 1.54) is 26.2 Å². The Balaban J connectivity index is 1.71. The molecule has 3 amide bonds. The van der Waals surface area contributed by atoms with Gasteiger partial charge in [-0.25, -0.2) is 14.6 Å². The predicted molar refractivity (Wildman–Crippen MR) is 140 cm³/mol. The van der Waals surface area contributed by atoms with Crippen molar-refractivity contribution in [1.82, 2.24) is 15.1 Å². The number of thioether (sulfide) groups is 1. The molecule has 3 heterocycles. The summed E-state index contributed by atoms with van der Waals surface area (Å²) in [4.78, 5) is 45.1. The Kier molecular flexibility index (Phi) is 7.91. The van der Waals surface area contributed by atoms with Crippen molar-refractivity contribution >= 4 is 34.8 Å². The largest absolute Gasteiger partial charge is 0.493 e. The van der Waals surface area contributed by atoms with Crippen LogP contribution in [0.25, 0.3) is 0 Å². The fourth-order valence-corrected chi connectivity index (χ4v) is 5.40. The maximum Gasteiger partial charge on any atom is 0.338 e. The number of nitrogens with zero attached hydrogens (tertiary/aromatic N) is 4. The van der Waals surface area contributed by atoms with Gasteiger partial charge in [0.1, 0.15) is 23.4 Å². The van der Waals surface area contributed by atoms with Crippen molar-refractivity contribution in [3.05, 3.63) is 46.6 Å².